The standard InChI is InChI=1S/C22H22N2O7S/c1-12-4-6-13(7-5-12)15-10-24-16(31-15)8-9-17(25)30-11-14-18(21(26)28-2)20(23)32-19(14)22(27)29-3/h4-7,10H,8-9,11,23H2,1-3H3. The normalized spacial score (nSPS) is 10.6. The number of nitrogens with zero attached hydrogens (tertiary/aromatic N) is 1. The van der Waals surface area contributed by atoms with E-state index >= 15 is 0 Å². The van der Waals surface area contributed by atoms with Crippen molar-refractivity contribution in [2.45, 2.75) is 26.4 Å². The maximum absolute atomic E-state index is 12.3. The number of carbonyl (C=O) groups excluding carboxylic acids is 3. The molecule has 0 aliphatic rings. The predicted octanol–water partition coefficient (Wildman–Crippen LogP) is 3.54. The summed E-state index contributed by atoms with van der Waals surface area (Å²) in [5.41, 5.74) is 8.02. The molecule has 0 aliphatic carbocycles. The molecule has 0 fully saturated rings. The van der Waals surface area contributed by atoms with E-state index in [-0.39, 0.29) is 40.5 Å². The van der Waals surface area contributed by atoms with E-state index in [0.29, 0.717) is 11.7 Å². The van der Waals surface area contributed by atoms with Gasteiger partial charge in [-0.1, -0.05) is 29.8 Å². The molecule has 3 aromatic rings. The number of hydrogen-bond donors (Lipinski definition) is 1. The minimum Gasteiger partial charge on any atom is -0.465 e. The first-order chi connectivity index (χ1) is 15.3. The molecular formula is C22H22N2O7S. The number of carbonyl (C=O) groups is 3. The fourth-order valence-electron chi connectivity index (χ4n) is 2.92. The molecule has 2 aromatic heterocycles. The number of oxazole rings is 1. The number of thiophene rings is 1. The fourth-order valence-corrected chi connectivity index (χ4v) is 3.90. The van der Waals surface area contributed by atoms with Gasteiger partial charge in [-0.25, -0.2) is 14.6 Å². The molecule has 0 unspecified atom stereocenters. The number of methoxy groups -OCH3 is 2. The van der Waals surface area contributed by atoms with E-state index < -0.39 is 17.9 Å². The van der Waals surface area contributed by atoms with Crippen molar-refractivity contribution in [1.82, 2.24) is 4.98 Å². The predicted molar refractivity (Wildman–Crippen MR) is 116 cm³/mol. The van der Waals surface area contributed by atoms with Crippen LogP contribution in [0.15, 0.2) is 34.9 Å². The summed E-state index contributed by atoms with van der Waals surface area (Å²) in [6.45, 7) is 1.66. The van der Waals surface area contributed by atoms with E-state index in [1.807, 2.05) is 31.2 Å². The summed E-state index contributed by atoms with van der Waals surface area (Å²) in [6.07, 6.45) is 1.82. The van der Waals surface area contributed by atoms with Crippen LogP contribution in [0.4, 0.5) is 5.00 Å². The third kappa shape index (κ3) is 5.14. The second kappa shape index (κ2) is 10.1. The summed E-state index contributed by atoms with van der Waals surface area (Å²) in [5.74, 6) is -0.985. The van der Waals surface area contributed by atoms with Gasteiger partial charge in [-0.3, -0.25) is 4.79 Å². The largest absolute Gasteiger partial charge is 0.465 e. The molecule has 168 valence electrons. The molecule has 32 heavy (non-hydrogen) atoms. The van der Waals surface area contributed by atoms with Crippen molar-refractivity contribution in [2.24, 2.45) is 0 Å². The van der Waals surface area contributed by atoms with Crippen LogP contribution in [-0.4, -0.2) is 37.1 Å². The van der Waals surface area contributed by atoms with E-state index in [4.69, 9.17) is 24.4 Å². The Morgan fingerprint density at radius 3 is 2.44 bits per heavy atom. The van der Waals surface area contributed by atoms with Gasteiger partial charge in [-0.2, -0.15) is 0 Å². The lowest BCUT2D eigenvalue weighted by atomic mass is 10.1. The summed E-state index contributed by atoms with van der Waals surface area (Å²) in [7, 11) is 2.39. The lowest BCUT2D eigenvalue weighted by Crippen LogP contribution is -2.13. The van der Waals surface area contributed by atoms with Gasteiger partial charge in [0.25, 0.3) is 0 Å². The highest BCUT2D eigenvalue weighted by Gasteiger charge is 2.28. The van der Waals surface area contributed by atoms with Gasteiger partial charge in [0.1, 0.15) is 22.0 Å². The van der Waals surface area contributed by atoms with E-state index in [9.17, 15) is 14.4 Å². The molecule has 3 rings (SSSR count). The van der Waals surface area contributed by atoms with Crippen LogP contribution in [0.1, 0.15) is 43.5 Å². The molecular weight excluding hydrogens is 436 g/mol. The Bertz CT molecular complexity index is 1130. The lowest BCUT2D eigenvalue weighted by Gasteiger charge is -2.07. The van der Waals surface area contributed by atoms with Crippen molar-refractivity contribution in [3.8, 4) is 11.3 Å². The molecule has 0 saturated heterocycles. The Labute approximate surface area is 188 Å². The van der Waals surface area contributed by atoms with Gasteiger partial charge >= 0.3 is 17.9 Å². The molecule has 0 bridgehead atoms. The van der Waals surface area contributed by atoms with Crippen molar-refractivity contribution in [3.05, 3.63) is 57.9 Å². The molecule has 1 aromatic carbocycles. The molecule has 2 heterocycles. The first-order valence-corrected chi connectivity index (χ1v) is 10.4. The number of rotatable bonds is 8. The van der Waals surface area contributed by atoms with Gasteiger partial charge in [0, 0.05) is 17.5 Å². The minimum absolute atomic E-state index is 0.00537. The number of aryl methyl sites for hydroxylation is 2. The highest BCUT2D eigenvalue weighted by Crippen LogP contribution is 2.33. The maximum Gasteiger partial charge on any atom is 0.348 e. The molecule has 0 amide bonds. The van der Waals surface area contributed by atoms with E-state index in [1.54, 1.807) is 6.20 Å². The second-order valence-corrected chi connectivity index (χ2v) is 7.83. The number of benzene rings is 1. The Morgan fingerprint density at radius 2 is 1.78 bits per heavy atom. The average Bonchev–Trinajstić information content (AvgIpc) is 3.40. The molecule has 0 aliphatic heterocycles. The Balaban J connectivity index is 1.63. The maximum atomic E-state index is 12.3. The van der Waals surface area contributed by atoms with Crippen LogP contribution in [0.2, 0.25) is 0 Å². The summed E-state index contributed by atoms with van der Waals surface area (Å²) < 4.78 is 20.4. The van der Waals surface area contributed by atoms with Gasteiger partial charge in [0.05, 0.1) is 26.8 Å². The van der Waals surface area contributed by atoms with Gasteiger partial charge in [-0.05, 0) is 6.92 Å². The van der Waals surface area contributed by atoms with E-state index in [2.05, 4.69) is 4.98 Å². The molecule has 9 nitrogen and oxygen atoms in total. The van der Waals surface area contributed by atoms with Crippen molar-refractivity contribution >= 4 is 34.2 Å². The molecule has 0 spiro atoms. The summed E-state index contributed by atoms with van der Waals surface area (Å²) in [4.78, 5) is 40.6. The molecule has 0 saturated carbocycles. The number of hydrogen-bond acceptors (Lipinski definition) is 10. The summed E-state index contributed by atoms with van der Waals surface area (Å²) >= 11 is 0.867. The fraction of sp³-hybridized carbons (Fsp3) is 0.273. The van der Waals surface area contributed by atoms with Gasteiger partial charge < -0.3 is 24.4 Å². The first kappa shape index (κ1) is 23.0. The Kier molecular flexibility index (Phi) is 7.26. The Morgan fingerprint density at radius 1 is 1.09 bits per heavy atom. The van der Waals surface area contributed by atoms with Crippen LogP contribution in [0.25, 0.3) is 11.3 Å². The molecule has 0 radical (unpaired) electrons. The minimum atomic E-state index is -0.733. The number of nitrogen functional groups attached to an aromatic ring is 1. The van der Waals surface area contributed by atoms with Crippen LogP contribution in [-0.2, 0) is 32.0 Å². The van der Waals surface area contributed by atoms with Crippen molar-refractivity contribution in [1.29, 1.82) is 0 Å². The number of aromatic nitrogens is 1. The van der Waals surface area contributed by atoms with Crippen molar-refractivity contribution < 1.29 is 33.0 Å². The molecule has 0 atom stereocenters. The summed E-state index contributed by atoms with van der Waals surface area (Å²) in [6, 6.07) is 7.80. The third-order valence-electron chi connectivity index (χ3n) is 4.60. The second-order valence-electron chi connectivity index (χ2n) is 6.78. The van der Waals surface area contributed by atoms with Crippen LogP contribution in [0.5, 0.6) is 0 Å². The van der Waals surface area contributed by atoms with Crippen LogP contribution in [0, 0.1) is 6.92 Å². The molecule has 2 N–H and O–H groups in total. The van der Waals surface area contributed by atoms with Crippen LogP contribution in [0.3, 0.4) is 0 Å². The highest BCUT2D eigenvalue weighted by molar-refractivity contribution is 7.18. The third-order valence-corrected chi connectivity index (χ3v) is 5.65. The van der Waals surface area contributed by atoms with E-state index in [0.717, 1.165) is 22.5 Å². The van der Waals surface area contributed by atoms with Gasteiger partial charge in [-0.15, -0.1) is 11.3 Å². The summed E-state index contributed by atoms with van der Waals surface area (Å²) in [5, 5.41) is 0.0757. The smallest absolute Gasteiger partial charge is 0.348 e. The average molecular weight is 458 g/mol. The SMILES string of the molecule is COC(=O)c1sc(N)c(C(=O)OC)c1COC(=O)CCc1ncc(-c2ccc(C)cc2)o1. The highest BCUT2D eigenvalue weighted by atomic mass is 32.1. The van der Waals surface area contributed by atoms with Crippen LogP contribution >= 0.6 is 11.3 Å². The Hall–Kier alpha value is -3.66. The zero-order chi connectivity index (χ0) is 23.3. The van der Waals surface area contributed by atoms with Crippen molar-refractivity contribution in [3.63, 3.8) is 0 Å². The lowest BCUT2D eigenvalue weighted by molar-refractivity contribution is -0.145. The van der Waals surface area contributed by atoms with Crippen LogP contribution < -0.4 is 5.73 Å². The van der Waals surface area contributed by atoms with Gasteiger partial charge in [0.15, 0.2) is 11.7 Å². The zero-order valence-corrected chi connectivity index (χ0v) is 18.6. The van der Waals surface area contributed by atoms with Gasteiger partial charge in [0.2, 0.25) is 0 Å². The van der Waals surface area contributed by atoms with Crippen molar-refractivity contribution in [2.75, 3.05) is 20.0 Å². The quantitative estimate of drug-likeness (QED) is 0.398. The monoisotopic (exact) mass is 458 g/mol. The number of ether oxygens (including phenoxy) is 3. The topological polar surface area (TPSA) is 131 Å². The number of anilines is 1. The first-order valence-electron chi connectivity index (χ1n) is 9.59. The molecule has 10 heteroatoms. The zero-order valence-electron chi connectivity index (χ0n) is 17.8. The number of esters is 3. The van der Waals surface area contributed by atoms with E-state index in [1.165, 1.54) is 14.2 Å². The number of nitrogens with two attached hydrogens (primary N) is 1.